The maximum atomic E-state index is 5.43. The molecule has 0 radical (unpaired) electrons. The van der Waals surface area contributed by atoms with Crippen molar-refractivity contribution in [2.24, 2.45) is 0 Å². The monoisotopic (exact) mass is 219 g/mol. The Morgan fingerprint density at radius 1 is 1.50 bits per heavy atom. The molecular weight excluding hydrogens is 198 g/mol. The largest absolute Gasteiger partial charge is 0.468 e. The normalized spacial score (nSPS) is 17.4. The van der Waals surface area contributed by atoms with E-state index >= 15 is 0 Å². The molecule has 1 aliphatic rings. The lowest BCUT2D eigenvalue weighted by atomic mass is 10.1. The zero-order valence-corrected chi connectivity index (χ0v) is 10.0. The fourth-order valence-electron chi connectivity index (χ4n) is 2.31. The van der Waals surface area contributed by atoms with Gasteiger partial charge in [-0.3, -0.25) is 0 Å². The second kappa shape index (κ2) is 5.90. The van der Waals surface area contributed by atoms with E-state index in [1.54, 1.807) is 11.8 Å². The summed E-state index contributed by atoms with van der Waals surface area (Å²) in [5.41, 5.74) is 1.63. The lowest BCUT2D eigenvalue weighted by Gasteiger charge is -2.14. The molecule has 0 spiro atoms. The molecule has 0 saturated heterocycles. The molecule has 1 aromatic rings. The van der Waals surface area contributed by atoms with Crippen molar-refractivity contribution in [3.05, 3.63) is 35.8 Å². The van der Waals surface area contributed by atoms with Gasteiger partial charge in [0.05, 0.1) is 12.3 Å². The van der Waals surface area contributed by atoms with E-state index < -0.39 is 0 Å². The van der Waals surface area contributed by atoms with Gasteiger partial charge in [0.1, 0.15) is 5.76 Å². The van der Waals surface area contributed by atoms with Crippen LogP contribution >= 0.6 is 0 Å². The quantitative estimate of drug-likeness (QED) is 0.736. The van der Waals surface area contributed by atoms with E-state index in [9.17, 15) is 0 Å². The first-order valence-corrected chi connectivity index (χ1v) is 6.35. The lowest BCUT2D eigenvalue weighted by molar-refractivity contribution is 0.405. The maximum Gasteiger partial charge on any atom is 0.120 e. The molecule has 1 aliphatic carbocycles. The fourth-order valence-corrected chi connectivity index (χ4v) is 2.31. The number of furan rings is 1. The zero-order valence-electron chi connectivity index (χ0n) is 10.0. The zero-order chi connectivity index (χ0) is 11.2. The van der Waals surface area contributed by atoms with Crippen LogP contribution in [0.25, 0.3) is 0 Å². The van der Waals surface area contributed by atoms with E-state index in [-0.39, 0.29) is 0 Å². The van der Waals surface area contributed by atoms with E-state index in [1.807, 2.05) is 6.07 Å². The van der Waals surface area contributed by atoms with Gasteiger partial charge in [0.25, 0.3) is 0 Å². The van der Waals surface area contributed by atoms with Crippen LogP contribution in [0.5, 0.6) is 0 Å². The van der Waals surface area contributed by atoms with Crippen LogP contribution in [0, 0.1) is 0 Å². The number of nitrogens with one attached hydrogen (secondary N) is 1. The first-order valence-electron chi connectivity index (χ1n) is 6.35. The maximum absolute atomic E-state index is 5.43. The van der Waals surface area contributed by atoms with Crippen molar-refractivity contribution in [2.45, 2.75) is 45.1 Å². The van der Waals surface area contributed by atoms with Gasteiger partial charge in [-0.1, -0.05) is 18.6 Å². The van der Waals surface area contributed by atoms with Gasteiger partial charge in [-0.15, -0.1) is 0 Å². The molecule has 1 unspecified atom stereocenters. The fraction of sp³-hybridized carbons (Fsp3) is 0.571. The molecule has 1 atom stereocenters. The third kappa shape index (κ3) is 2.99. The van der Waals surface area contributed by atoms with Gasteiger partial charge in [-0.05, 0) is 50.8 Å². The minimum atomic E-state index is 0.372. The number of rotatable bonds is 6. The van der Waals surface area contributed by atoms with Gasteiger partial charge in [-0.2, -0.15) is 0 Å². The van der Waals surface area contributed by atoms with Gasteiger partial charge in [-0.25, -0.2) is 0 Å². The summed E-state index contributed by atoms with van der Waals surface area (Å²) in [6.07, 6.45) is 10.4. The van der Waals surface area contributed by atoms with E-state index in [4.69, 9.17) is 4.42 Å². The Balaban J connectivity index is 1.75. The van der Waals surface area contributed by atoms with Crippen LogP contribution in [0.3, 0.4) is 0 Å². The third-order valence-corrected chi connectivity index (χ3v) is 3.27. The second-order valence-electron chi connectivity index (χ2n) is 4.43. The number of hydrogen-bond acceptors (Lipinski definition) is 2. The van der Waals surface area contributed by atoms with Crippen molar-refractivity contribution in [2.75, 3.05) is 6.54 Å². The molecule has 1 aromatic heterocycles. The Morgan fingerprint density at radius 2 is 2.44 bits per heavy atom. The molecule has 2 nitrogen and oxygen atoms in total. The van der Waals surface area contributed by atoms with E-state index in [0.717, 1.165) is 18.7 Å². The summed E-state index contributed by atoms with van der Waals surface area (Å²) in [5, 5.41) is 3.56. The highest BCUT2D eigenvalue weighted by Crippen LogP contribution is 2.21. The number of hydrogen-bond donors (Lipinski definition) is 1. The molecule has 1 N–H and O–H groups in total. The van der Waals surface area contributed by atoms with Gasteiger partial charge in [0.15, 0.2) is 0 Å². The van der Waals surface area contributed by atoms with E-state index in [0.29, 0.717) is 6.04 Å². The lowest BCUT2D eigenvalue weighted by Crippen LogP contribution is -2.21. The summed E-state index contributed by atoms with van der Waals surface area (Å²) in [4.78, 5) is 0. The molecule has 0 saturated carbocycles. The molecule has 16 heavy (non-hydrogen) atoms. The average Bonchev–Trinajstić information content (AvgIpc) is 2.96. The first-order chi connectivity index (χ1) is 7.90. The smallest absolute Gasteiger partial charge is 0.120 e. The van der Waals surface area contributed by atoms with Crippen molar-refractivity contribution in [1.29, 1.82) is 0 Å². The van der Waals surface area contributed by atoms with Crippen molar-refractivity contribution in [1.82, 2.24) is 5.32 Å². The SMILES string of the molecule is CCC(NCCC1=CCCC1)c1ccco1. The third-order valence-electron chi connectivity index (χ3n) is 3.27. The van der Waals surface area contributed by atoms with E-state index in [1.165, 1.54) is 25.7 Å². The molecule has 0 amide bonds. The highest BCUT2D eigenvalue weighted by Gasteiger charge is 2.11. The molecule has 0 bridgehead atoms. The minimum Gasteiger partial charge on any atom is -0.468 e. The minimum absolute atomic E-state index is 0.372. The summed E-state index contributed by atoms with van der Waals surface area (Å²) in [5.74, 6) is 1.06. The van der Waals surface area contributed by atoms with Gasteiger partial charge in [0, 0.05) is 0 Å². The Hall–Kier alpha value is -1.02. The summed E-state index contributed by atoms with van der Waals surface area (Å²) >= 11 is 0. The highest BCUT2D eigenvalue weighted by molar-refractivity contribution is 5.08. The first kappa shape index (κ1) is 11.5. The van der Waals surface area contributed by atoms with Crippen LogP contribution < -0.4 is 5.32 Å². The van der Waals surface area contributed by atoms with Gasteiger partial charge >= 0.3 is 0 Å². The Bertz CT molecular complexity index is 327. The highest BCUT2D eigenvalue weighted by atomic mass is 16.3. The second-order valence-corrected chi connectivity index (χ2v) is 4.43. The summed E-state index contributed by atoms with van der Waals surface area (Å²) < 4.78 is 5.43. The molecular formula is C14H21NO. The molecule has 2 rings (SSSR count). The van der Waals surface area contributed by atoms with Crippen molar-refractivity contribution >= 4 is 0 Å². The summed E-state index contributed by atoms with van der Waals surface area (Å²) in [7, 11) is 0. The topological polar surface area (TPSA) is 25.2 Å². The van der Waals surface area contributed by atoms with Crippen LogP contribution in [0.1, 0.15) is 50.8 Å². The Kier molecular flexibility index (Phi) is 4.23. The predicted molar refractivity (Wildman–Crippen MR) is 66.3 cm³/mol. The van der Waals surface area contributed by atoms with Gasteiger partial charge in [0.2, 0.25) is 0 Å². The van der Waals surface area contributed by atoms with Crippen LogP contribution in [0.15, 0.2) is 34.5 Å². The van der Waals surface area contributed by atoms with Crippen LogP contribution in [-0.4, -0.2) is 6.54 Å². The predicted octanol–water partition coefficient (Wildman–Crippen LogP) is 3.82. The van der Waals surface area contributed by atoms with Crippen LogP contribution in [0.4, 0.5) is 0 Å². The van der Waals surface area contributed by atoms with Crippen molar-refractivity contribution in [3.8, 4) is 0 Å². The molecule has 88 valence electrons. The standard InChI is InChI=1S/C14H21NO/c1-2-13(14-8-5-11-16-14)15-10-9-12-6-3-4-7-12/h5-6,8,11,13,15H,2-4,7,9-10H2,1H3. The van der Waals surface area contributed by atoms with Crippen molar-refractivity contribution in [3.63, 3.8) is 0 Å². The Morgan fingerprint density at radius 3 is 3.06 bits per heavy atom. The molecule has 2 heteroatoms. The summed E-state index contributed by atoms with van der Waals surface area (Å²) in [6.45, 7) is 3.25. The molecule has 1 heterocycles. The van der Waals surface area contributed by atoms with Crippen LogP contribution in [0.2, 0.25) is 0 Å². The van der Waals surface area contributed by atoms with Crippen LogP contribution in [-0.2, 0) is 0 Å². The molecule has 0 fully saturated rings. The van der Waals surface area contributed by atoms with E-state index in [2.05, 4.69) is 24.4 Å². The number of allylic oxidation sites excluding steroid dienone is 1. The van der Waals surface area contributed by atoms with Gasteiger partial charge < -0.3 is 9.73 Å². The van der Waals surface area contributed by atoms with Crippen molar-refractivity contribution < 1.29 is 4.42 Å². The summed E-state index contributed by atoms with van der Waals surface area (Å²) in [6, 6.07) is 4.38. The average molecular weight is 219 g/mol. The Labute approximate surface area is 97.7 Å². The molecule has 0 aliphatic heterocycles. The molecule has 0 aromatic carbocycles.